The highest BCUT2D eigenvalue weighted by atomic mass is 32.2. The number of hydrogen-bond acceptors (Lipinski definition) is 7. The van der Waals surface area contributed by atoms with Crippen LogP contribution in [0.25, 0.3) is 0 Å². The molecular weight excluding hydrogens is 486 g/mol. The van der Waals surface area contributed by atoms with Crippen molar-refractivity contribution in [3.63, 3.8) is 0 Å². The van der Waals surface area contributed by atoms with Gasteiger partial charge in [0.05, 0.1) is 7.11 Å². The van der Waals surface area contributed by atoms with Crippen LogP contribution in [-0.4, -0.2) is 49.7 Å². The van der Waals surface area contributed by atoms with Crippen LogP contribution in [0.3, 0.4) is 0 Å². The maximum Gasteiger partial charge on any atom is 0.457 e. The number of methoxy groups -OCH3 is 1. The zero-order valence-electron chi connectivity index (χ0n) is 17.6. The standard InChI is InChI=1S/C14H15F8NO6S.C2H6/c1-6(2)9(10(24)27-4)7-5-8(23-28-7)29-30(25,26)14(21,22)11(3,15)12(16,17)13(18,19)20;1-2/h5-6,9H,1-4H3;1-2H3. The molecule has 1 rings (SSSR count). The van der Waals surface area contributed by atoms with Gasteiger partial charge in [0, 0.05) is 6.07 Å². The Morgan fingerprint density at radius 2 is 1.53 bits per heavy atom. The number of esters is 1. The summed E-state index contributed by atoms with van der Waals surface area (Å²) in [4.78, 5) is 11.7. The van der Waals surface area contributed by atoms with E-state index in [4.69, 9.17) is 0 Å². The fourth-order valence-corrected chi connectivity index (χ4v) is 3.16. The molecule has 0 aliphatic heterocycles. The number of ether oxygens (including phenoxy) is 1. The number of rotatable bonds is 8. The molecule has 0 saturated carbocycles. The fourth-order valence-electron chi connectivity index (χ4n) is 2.15. The van der Waals surface area contributed by atoms with Crippen LogP contribution in [0.2, 0.25) is 0 Å². The molecule has 0 spiro atoms. The highest BCUT2D eigenvalue weighted by molar-refractivity contribution is 7.88. The molecule has 7 nitrogen and oxygen atoms in total. The van der Waals surface area contributed by atoms with Crippen LogP contribution < -0.4 is 4.18 Å². The lowest BCUT2D eigenvalue weighted by atomic mass is 9.93. The largest absolute Gasteiger partial charge is 0.468 e. The molecule has 0 N–H and O–H groups in total. The Kier molecular flexibility index (Phi) is 9.13. The number of alkyl halides is 8. The van der Waals surface area contributed by atoms with Crippen molar-refractivity contribution < 1.29 is 61.8 Å². The Morgan fingerprint density at radius 1 is 1.06 bits per heavy atom. The van der Waals surface area contributed by atoms with Crippen LogP contribution in [0, 0.1) is 5.92 Å². The SMILES string of the molecule is CC.COC(=O)C(c1cc(OS(=O)(=O)C(F)(F)C(C)(F)C(F)(F)C(F)(F)F)no1)C(C)C. The van der Waals surface area contributed by atoms with Gasteiger partial charge in [0.15, 0.2) is 5.76 Å². The molecule has 2 atom stereocenters. The van der Waals surface area contributed by atoms with Crippen molar-refractivity contribution in [3.05, 3.63) is 11.8 Å². The third kappa shape index (κ3) is 5.26. The second-order valence-electron chi connectivity index (χ2n) is 6.44. The molecule has 2 unspecified atom stereocenters. The van der Waals surface area contributed by atoms with Crippen LogP contribution >= 0.6 is 0 Å². The van der Waals surface area contributed by atoms with Gasteiger partial charge in [0.1, 0.15) is 5.92 Å². The Bertz CT molecular complexity index is 879. The molecule has 1 aromatic heterocycles. The average molecular weight is 507 g/mol. The van der Waals surface area contributed by atoms with E-state index in [9.17, 15) is 48.3 Å². The van der Waals surface area contributed by atoms with Gasteiger partial charge in [-0.2, -0.15) is 39.2 Å². The summed E-state index contributed by atoms with van der Waals surface area (Å²) in [7, 11) is -5.81. The van der Waals surface area contributed by atoms with Crippen LogP contribution in [-0.2, 0) is 19.6 Å². The maximum absolute atomic E-state index is 14.0. The first kappa shape index (κ1) is 29.9. The van der Waals surface area contributed by atoms with Crippen LogP contribution in [0.4, 0.5) is 35.1 Å². The lowest BCUT2D eigenvalue weighted by Crippen LogP contribution is -2.64. The maximum atomic E-state index is 14.0. The van der Waals surface area contributed by atoms with Crippen molar-refractivity contribution >= 4 is 16.1 Å². The minimum atomic E-state index is -6.85. The molecule has 0 amide bonds. The smallest absolute Gasteiger partial charge is 0.457 e. The van der Waals surface area contributed by atoms with E-state index < -0.39 is 69.5 Å². The number of aromatic nitrogens is 1. The number of halogens is 8. The predicted molar refractivity (Wildman–Crippen MR) is 92.5 cm³/mol. The first-order valence-electron chi connectivity index (χ1n) is 8.74. The minimum Gasteiger partial charge on any atom is -0.468 e. The molecule has 16 heteroatoms. The summed E-state index contributed by atoms with van der Waals surface area (Å²) in [6.45, 7) is 6.01. The molecule has 32 heavy (non-hydrogen) atoms. The lowest BCUT2D eigenvalue weighted by Gasteiger charge is -2.35. The fraction of sp³-hybridized carbons (Fsp3) is 0.750. The molecule has 0 aliphatic carbocycles. The zero-order valence-corrected chi connectivity index (χ0v) is 18.4. The Labute approximate surface area is 178 Å². The van der Waals surface area contributed by atoms with E-state index in [2.05, 4.69) is 18.6 Å². The molecule has 0 radical (unpaired) electrons. The van der Waals surface area contributed by atoms with E-state index in [-0.39, 0.29) is 0 Å². The Hall–Kier alpha value is -2.13. The van der Waals surface area contributed by atoms with Crippen molar-refractivity contribution in [2.45, 2.75) is 63.6 Å². The molecule has 1 heterocycles. The van der Waals surface area contributed by atoms with Crippen LogP contribution in [0.1, 0.15) is 46.3 Å². The quantitative estimate of drug-likeness (QED) is 0.282. The van der Waals surface area contributed by atoms with Crippen molar-refractivity contribution in [2.75, 3.05) is 7.11 Å². The number of nitrogens with zero attached hydrogens (tertiary/aromatic N) is 1. The van der Waals surface area contributed by atoms with Gasteiger partial charge in [-0.05, 0) is 18.0 Å². The molecule has 0 aliphatic rings. The van der Waals surface area contributed by atoms with Gasteiger partial charge in [-0.3, -0.25) is 4.79 Å². The van der Waals surface area contributed by atoms with Crippen molar-refractivity contribution in [3.8, 4) is 5.88 Å². The van der Waals surface area contributed by atoms with Crippen molar-refractivity contribution in [1.29, 1.82) is 0 Å². The van der Waals surface area contributed by atoms with Gasteiger partial charge >= 0.3 is 33.4 Å². The third-order valence-corrected chi connectivity index (χ3v) is 5.34. The van der Waals surface area contributed by atoms with Crippen molar-refractivity contribution in [2.24, 2.45) is 5.92 Å². The summed E-state index contributed by atoms with van der Waals surface area (Å²) in [6.07, 6.45) is -6.85. The summed E-state index contributed by atoms with van der Waals surface area (Å²) in [6, 6.07) is 0.479. The molecule has 0 saturated heterocycles. The van der Waals surface area contributed by atoms with Gasteiger partial charge < -0.3 is 13.4 Å². The average Bonchev–Trinajstić information content (AvgIpc) is 3.08. The van der Waals surface area contributed by atoms with E-state index in [1.54, 1.807) is 0 Å². The van der Waals surface area contributed by atoms with E-state index in [1.807, 2.05) is 13.8 Å². The summed E-state index contributed by atoms with van der Waals surface area (Å²) < 4.78 is 141. The number of carbonyl (C=O) groups excluding carboxylic acids is 1. The molecule has 0 bridgehead atoms. The summed E-state index contributed by atoms with van der Waals surface area (Å²) in [5.74, 6) is -11.3. The van der Waals surface area contributed by atoms with Crippen LogP contribution in [0.5, 0.6) is 5.88 Å². The first-order valence-corrected chi connectivity index (χ1v) is 10.1. The van der Waals surface area contributed by atoms with E-state index in [0.717, 1.165) is 7.11 Å². The summed E-state index contributed by atoms with van der Waals surface area (Å²) in [5, 5.41) is -3.51. The van der Waals surface area contributed by atoms with Gasteiger partial charge in [-0.15, -0.1) is 0 Å². The van der Waals surface area contributed by atoms with Gasteiger partial charge in [0.2, 0.25) is 0 Å². The third-order valence-electron chi connectivity index (χ3n) is 3.94. The number of carbonyl (C=O) groups is 1. The first-order chi connectivity index (χ1) is 14.2. The normalized spacial score (nSPS) is 16.0. The van der Waals surface area contributed by atoms with E-state index in [0.29, 0.717) is 6.07 Å². The van der Waals surface area contributed by atoms with Gasteiger partial charge in [0.25, 0.3) is 11.5 Å². The molecular formula is C16H21F8NO6S. The van der Waals surface area contributed by atoms with Crippen LogP contribution in [0.15, 0.2) is 10.6 Å². The van der Waals surface area contributed by atoms with Crippen molar-refractivity contribution in [1.82, 2.24) is 5.16 Å². The highest BCUT2D eigenvalue weighted by Gasteiger charge is 2.82. The van der Waals surface area contributed by atoms with Gasteiger partial charge in [-0.25, -0.2) is 4.39 Å². The van der Waals surface area contributed by atoms with E-state index >= 15 is 0 Å². The Morgan fingerprint density at radius 3 is 1.91 bits per heavy atom. The lowest BCUT2D eigenvalue weighted by molar-refractivity contribution is -0.346. The summed E-state index contributed by atoms with van der Waals surface area (Å²) >= 11 is 0. The molecule has 0 fully saturated rings. The highest BCUT2D eigenvalue weighted by Crippen LogP contribution is 2.53. The molecule has 1 aromatic rings. The minimum absolute atomic E-state index is 0.464. The second-order valence-corrected chi connectivity index (χ2v) is 8.03. The van der Waals surface area contributed by atoms with E-state index in [1.165, 1.54) is 13.8 Å². The molecule has 188 valence electrons. The zero-order chi connectivity index (χ0) is 25.9. The predicted octanol–water partition coefficient (Wildman–Crippen LogP) is 4.84. The summed E-state index contributed by atoms with van der Waals surface area (Å²) in [5.41, 5.74) is -5.96. The van der Waals surface area contributed by atoms with Gasteiger partial charge in [-0.1, -0.05) is 27.7 Å². The second kappa shape index (κ2) is 9.79. The topological polar surface area (TPSA) is 95.7 Å². The molecule has 0 aromatic carbocycles. The monoisotopic (exact) mass is 507 g/mol. The Balaban J connectivity index is 0.00000466. The number of hydrogen-bond donors (Lipinski definition) is 0.